The normalized spacial score (nSPS) is 23.1. The molecule has 0 aromatic heterocycles. The van der Waals surface area contributed by atoms with Gasteiger partial charge in [0.15, 0.2) is 0 Å². The number of benzene rings is 1. The van der Waals surface area contributed by atoms with Gasteiger partial charge in [0.1, 0.15) is 0 Å². The molecule has 1 aromatic carbocycles. The molecule has 1 aromatic rings. The predicted octanol–water partition coefficient (Wildman–Crippen LogP) is 2.36. The molecule has 0 radical (unpaired) electrons. The molecule has 0 saturated carbocycles. The van der Waals surface area contributed by atoms with Crippen molar-refractivity contribution in [2.24, 2.45) is 0 Å². The maximum Gasteiger partial charge on any atom is 0.210 e. The van der Waals surface area contributed by atoms with Gasteiger partial charge in [0.25, 0.3) is 0 Å². The number of carbonyl (C=O) groups excluding carboxylic acids is 1. The highest BCUT2D eigenvalue weighted by Gasteiger charge is 2.23. The summed E-state index contributed by atoms with van der Waals surface area (Å²) >= 11 is 0. The van der Waals surface area contributed by atoms with Crippen LogP contribution in [0.2, 0.25) is 0 Å². The molecular formula is C15H20N2O. The van der Waals surface area contributed by atoms with Crippen molar-refractivity contribution in [1.29, 1.82) is 0 Å². The van der Waals surface area contributed by atoms with Crippen LogP contribution in [0, 0.1) is 0 Å². The number of fused-ring (bicyclic) bond motifs is 1. The van der Waals surface area contributed by atoms with E-state index in [4.69, 9.17) is 0 Å². The zero-order valence-electron chi connectivity index (χ0n) is 10.9. The molecule has 1 unspecified atom stereocenters. The number of carbonyl (C=O) groups is 1. The third-order valence-electron chi connectivity index (χ3n) is 4.32. The number of hydrogen-bond acceptors (Lipinski definition) is 2. The van der Waals surface area contributed by atoms with E-state index in [0.29, 0.717) is 0 Å². The van der Waals surface area contributed by atoms with Gasteiger partial charge in [-0.05, 0) is 49.4 Å². The van der Waals surface area contributed by atoms with Gasteiger partial charge in [-0.15, -0.1) is 0 Å². The van der Waals surface area contributed by atoms with Crippen molar-refractivity contribution in [2.75, 3.05) is 24.5 Å². The minimum atomic E-state index is 0.216. The van der Waals surface area contributed by atoms with Gasteiger partial charge in [0, 0.05) is 25.3 Å². The van der Waals surface area contributed by atoms with E-state index in [0.717, 1.165) is 19.4 Å². The zero-order chi connectivity index (χ0) is 12.5. The van der Waals surface area contributed by atoms with Crippen molar-refractivity contribution >= 4 is 12.1 Å². The molecule has 96 valence electrons. The van der Waals surface area contributed by atoms with Crippen LogP contribution in [0.1, 0.15) is 36.9 Å². The van der Waals surface area contributed by atoms with Crippen LogP contribution in [0.5, 0.6) is 0 Å². The highest BCUT2D eigenvalue weighted by Crippen LogP contribution is 2.32. The second kappa shape index (κ2) is 4.63. The second-order valence-electron chi connectivity index (χ2n) is 5.35. The maximum atomic E-state index is 11.0. The summed E-state index contributed by atoms with van der Waals surface area (Å²) in [7, 11) is 0. The molecule has 1 fully saturated rings. The first-order valence-electron chi connectivity index (χ1n) is 6.88. The lowest BCUT2D eigenvalue weighted by Crippen LogP contribution is -2.33. The standard InChI is InChI=1S/C15H20N2O/c1-12-15-10-14(16-7-2-3-8-16)5-4-13(15)6-9-17(12)11-18/h4-5,10-12H,2-3,6-9H2,1H3. The molecule has 0 aliphatic carbocycles. The lowest BCUT2D eigenvalue weighted by atomic mass is 9.93. The third kappa shape index (κ3) is 1.88. The summed E-state index contributed by atoms with van der Waals surface area (Å²) in [5, 5.41) is 0. The molecule has 1 atom stereocenters. The quantitative estimate of drug-likeness (QED) is 0.746. The van der Waals surface area contributed by atoms with Crippen molar-refractivity contribution in [3.63, 3.8) is 0 Å². The average Bonchev–Trinajstić information content (AvgIpc) is 2.93. The van der Waals surface area contributed by atoms with Crippen LogP contribution in [0.25, 0.3) is 0 Å². The largest absolute Gasteiger partial charge is 0.372 e. The van der Waals surface area contributed by atoms with Crippen molar-refractivity contribution in [2.45, 2.75) is 32.2 Å². The first-order chi connectivity index (χ1) is 8.79. The molecule has 3 heteroatoms. The Hall–Kier alpha value is -1.51. The summed E-state index contributed by atoms with van der Waals surface area (Å²) in [6, 6.07) is 7.00. The molecule has 18 heavy (non-hydrogen) atoms. The number of hydrogen-bond donors (Lipinski definition) is 0. The van der Waals surface area contributed by atoms with E-state index in [1.807, 2.05) is 4.90 Å². The van der Waals surface area contributed by atoms with Gasteiger partial charge in [-0.3, -0.25) is 4.79 Å². The Morgan fingerprint density at radius 2 is 2.00 bits per heavy atom. The summed E-state index contributed by atoms with van der Waals surface area (Å²) in [5.41, 5.74) is 4.06. The smallest absolute Gasteiger partial charge is 0.210 e. The van der Waals surface area contributed by atoms with Crippen LogP contribution in [0.15, 0.2) is 18.2 Å². The topological polar surface area (TPSA) is 23.6 Å². The SMILES string of the molecule is CC1c2cc(N3CCCC3)ccc2CCN1C=O. The Balaban J connectivity index is 1.93. The fraction of sp³-hybridized carbons (Fsp3) is 0.533. The molecule has 3 nitrogen and oxygen atoms in total. The molecule has 2 heterocycles. The summed E-state index contributed by atoms with van der Waals surface area (Å²) < 4.78 is 0. The molecular weight excluding hydrogens is 224 g/mol. The van der Waals surface area contributed by atoms with Gasteiger partial charge in [-0.2, -0.15) is 0 Å². The fourth-order valence-electron chi connectivity index (χ4n) is 3.14. The van der Waals surface area contributed by atoms with Crippen molar-refractivity contribution in [3.05, 3.63) is 29.3 Å². The molecule has 1 saturated heterocycles. The second-order valence-corrected chi connectivity index (χ2v) is 5.35. The molecule has 2 aliphatic heterocycles. The number of amides is 1. The highest BCUT2D eigenvalue weighted by molar-refractivity contribution is 5.56. The van der Waals surface area contributed by atoms with Crippen LogP contribution in [0.4, 0.5) is 5.69 Å². The Morgan fingerprint density at radius 1 is 1.22 bits per heavy atom. The first-order valence-corrected chi connectivity index (χ1v) is 6.88. The molecule has 1 amide bonds. The lowest BCUT2D eigenvalue weighted by molar-refractivity contribution is -0.120. The number of anilines is 1. The Kier molecular flexibility index (Phi) is 2.98. The average molecular weight is 244 g/mol. The molecule has 2 aliphatic rings. The van der Waals surface area contributed by atoms with Crippen molar-refractivity contribution in [1.82, 2.24) is 4.90 Å². The summed E-state index contributed by atoms with van der Waals surface area (Å²) in [6.45, 7) is 5.32. The Morgan fingerprint density at radius 3 is 2.72 bits per heavy atom. The van der Waals surface area contributed by atoms with E-state index in [9.17, 15) is 4.79 Å². The summed E-state index contributed by atoms with van der Waals surface area (Å²) in [4.78, 5) is 15.4. The van der Waals surface area contributed by atoms with Gasteiger partial charge in [0.2, 0.25) is 6.41 Å². The molecule has 0 spiro atoms. The van der Waals surface area contributed by atoms with Crippen molar-refractivity contribution < 1.29 is 4.79 Å². The van der Waals surface area contributed by atoms with E-state index in [1.54, 1.807) is 0 Å². The van der Waals surface area contributed by atoms with Gasteiger partial charge in [0.05, 0.1) is 6.04 Å². The van der Waals surface area contributed by atoms with Gasteiger partial charge in [-0.25, -0.2) is 0 Å². The van der Waals surface area contributed by atoms with E-state index >= 15 is 0 Å². The monoisotopic (exact) mass is 244 g/mol. The van der Waals surface area contributed by atoms with Crippen LogP contribution < -0.4 is 4.90 Å². The minimum absolute atomic E-state index is 0.216. The lowest BCUT2D eigenvalue weighted by Gasteiger charge is -2.33. The van der Waals surface area contributed by atoms with Gasteiger partial charge < -0.3 is 9.80 Å². The summed E-state index contributed by atoms with van der Waals surface area (Å²) in [6.07, 6.45) is 4.56. The third-order valence-corrected chi connectivity index (χ3v) is 4.32. The minimum Gasteiger partial charge on any atom is -0.372 e. The first kappa shape index (κ1) is 11.6. The van der Waals surface area contributed by atoms with Crippen molar-refractivity contribution in [3.8, 4) is 0 Å². The van der Waals surface area contributed by atoms with E-state index in [2.05, 4.69) is 30.0 Å². The maximum absolute atomic E-state index is 11.0. The zero-order valence-corrected chi connectivity index (χ0v) is 10.9. The molecule has 0 N–H and O–H groups in total. The number of rotatable bonds is 2. The van der Waals surface area contributed by atoms with E-state index in [-0.39, 0.29) is 6.04 Å². The molecule has 0 bridgehead atoms. The Labute approximate surface area is 108 Å². The summed E-state index contributed by atoms with van der Waals surface area (Å²) in [5.74, 6) is 0. The van der Waals surface area contributed by atoms with Crippen LogP contribution in [-0.2, 0) is 11.2 Å². The van der Waals surface area contributed by atoms with Gasteiger partial charge in [-0.1, -0.05) is 6.07 Å². The molecule has 3 rings (SSSR count). The van der Waals surface area contributed by atoms with E-state index in [1.165, 1.54) is 42.7 Å². The van der Waals surface area contributed by atoms with Crippen LogP contribution in [-0.4, -0.2) is 30.9 Å². The fourth-order valence-corrected chi connectivity index (χ4v) is 3.14. The predicted molar refractivity (Wildman–Crippen MR) is 72.8 cm³/mol. The van der Waals surface area contributed by atoms with E-state index < -0.39 is 0 Å². The highest BCUT2D eigenvalue weighted by atomic mass is 16.1. The Bertz CT molecular complexity index is 452. The van der Waals surface area contributed by atoms with Crippen LogP contribution in [0.3, 0.4) is 0 Å². The number of nitrogens with zero attached hydrogens (tertiary/aromatic N) is 2. The van der Waals surface area contributed by atoms with Gasteiger partial charge >= 0.3 is 0 Å². The van der Waals surface area contributed by atoms with Crippen LogP contribution >= 0.6 is 0 Å².